The number of imide groups is 2. The number of halogens is 2. The van der Waals surface area contributed by atoms with Crippen LogP contribution in [0.2, 0.25) is 5.02 Å². The molecule has 1 aromatic heterocycles. The summed E-state index contributed by atoms with van der Waals surface area (Å²) in [6.45, 7) is 5.06. The fourth-order valence-electron chi connectivity index (χ4n) is 8.86. The predicted octanol–water partition coefficient (Wildman–Crippen LogP) is 4.04. The maximum absolute atomic E-state index is 15.5. The summed E-state index contributed by atoms with van der Waals surface area (Å²) in [6.07, 6.45) is 5.11. The van der Waals surface area contributed by atoms with Gasteiger partial charge in [0.25, 0.3) is 23.6 Å². The molecule has 3 saturated heterocycles. The monoisotopic (exact) mass is 825 g/mol. The molecule has 15 nitrogen and oxygen atoms in total. The standard InChI is InChI=1S/C42H45ClFN9O6/c1-49-38(54)11-9-35(42(49)58)53-40(56)30-21-33(44)36(22-31(30)41(53)57)51-18-16-50(17-19-51)24-25-12-14-52(15-13-25)37-10-8-34(47-48-37)39(55)46-27-3-6-28(7-4-27)59-29-5-2-26(23-45)32(43)20-29/h2,5,8,10,20-22,25,27-28,35H,3-4,6-7,9,11-19,24H2,1H3,(H,46,55)/t27-,28-,35?. The summed E-state index contributed by atoms with van der Waals surface area (Å²) >= 11 is 6.14. The number of likely N-dealkylation sites (N-methyl/N-ethyl adjacent to an activating group) is 1. The van der Waals surface area contributed by atoms with Crippen LogP contribution in [0, 0.1) is 23.1 Å². The summed E-state index contributed by atoms with van der Waals surface area (Å²) in [5, 5.41) is 21.2. The van der Waals surface area contributed by atoms with E-state index in [0.29, 0.717) is 48.4 Å². The number of piperidine rings is 2. The van der Waals surface area contributed by atoms with Crippen LogP contribution in [0.15, 0.2) is 42.5 Å². The van der Waals surface area contributed by atoms with Gasteiger partial charge >= 0.3 is 0 Å². The highest BCUT2D eigenvalue weighted by molar-refractivity contribution is 6.31. The van der Waals surface area contributed by atoms with Gasteiger partial charge in [0.05, 0.1) is 33.5 Å². The molecule has 0 spiro atoms. The van der Waals surface area contributed by atoms with E-state index >= 15 is 4.39 Å². The van der Waals surface area contributed by atoms with E-state index in [2.05, 4.69) is 25.3 Å². The van der Waals surface area contributed by atoms with E-state index in [1.54, 1.807) is 24.3 Å². The molecule has 1 atom stereocenters. The lowest BCUT2D eigenvalue weighted by Crippen LogP contribution is -2.54. The summed E-state index contributed by atoms with van der Waals surface area (Å²) in [5.74, 6) is -1.35. The van der Waals surface area contributed by atoms with E-state index in [-0.39, 0.29) is 59.3 Å². The molecule has 1 unspecified atom stereocenters. The first-order valence-corrected chi connectivity index (χ1v) is 20.6. The zero-order valence-corrected chi connectivity index (χ0v) is 33.5. The zero-order valence-electron chi connectivity index (χ0n) is 32.7. The van der Waals surface area contributed by atoms with Gasteiger partial charge in [0.2, 0.25) is 5.91 Å². The second kappa shape index (κ2) is 16.9. The fraction of sp³-hybridized carbons (Fsp3) is 0.476. The number of carbonyl (C=O) groups is 5. The number of piperazine rings is 1. The lowest BCUT2D eigenvalue weighted by Gasteiger charge is -2.39. The summed E-state index contributed by atoms with van der Waals surface area (Å²) in [5.41, 5.74) is 0.949. The molecule has 2 aromatic carbocycles. The van der Waals surface area contributed by atoms with Gasteiger partial charge in [0.15, 0.2) is 11.5 Å². The number of anilines is 2. The Bertz CT molecular complexity index is 2190. The first-order valence-electron chi connectivity index (χ1n) is 20.2. The van der Waals surface area contributed by atoms with Gasteiger partial charge < -0.3 is 19.9 Å². The van der Waals surface area contributed by atoms with Crippen molar-refractivity contribution in [3.8, 4) is 11.8 Å². The normalized spacial score (nSPS) is 23.1. The van der Waals surface area contributed by atoms with Gasteiger partial charge in [-0.25, -0.2) is 4.39 Å². The Kier molecular flexibility index (Phi) is 11.5. The van der Waals surface area contributed by atoms with Crippen LogP contribution >= 0.6 is 11.6 Å². The Balaban J connectivity index is 0.767. The zero-order chi connectivity index (χ0) is 41.4. The number of nitrogens with one attached hydrogen (secondary N) is 1. The number of benzene rings is 2. The van der Waals surface area contributed by atoms with Crippen molar-refractivity contribution >= 4 is 52.6 Å². The SMILES string of the molecule is CN1C(=O)CCC(N2C(=O)c3cc(F)c(N4CCN(CC5CCN(c6ccc(C(=O)N[C@H]7CC[C@H](Oc8ccc(C#N)c(Cl)c8)CC7)nn6)CC5)CC4)cc3C2=O)C1=O. The minimum atomic E-state index is -1.09. The Morgan fingerprint density at radius 1 is 0.881 bits per heavy atom. The lowest BCUT2D eigenvalue weighted by molar-refractivity contribution is -0.149. The largest absolute Gasteiger partial charge is 0.490 e. The molecule has 5 heterocycles. The van der Waals surface area contributed by atoms with Crippen LogP contribution in [0.5, 0.6) is 5.75 Å². The molecule has 3 aromatic rings. The Morgan fingerprint density at radius 3 is 2.25 bits per heavy atom. The molecule has 1 saturated carbocycles. The van der Waals surface area contributed by atoms with E-state index in [4.69, 9.17) is 21.6 Å². The molecule has 0 bridgehead atoms. The molecule has 8 rings (SSSR count). The number of nitrogens with zero attached hydrogens (tertiary/aromatic N) is 8. The van der Waals surface area contributed by atoms with Gasteiger partial charge in [-0.1, -0.05) is 11.6 Å². The van der Waals surface area contributed by atoms with Crippen LogP contribution in [0.4, 0.5) is 15.9 Å². The average molecular weight is 826 g/mol. The molecular weight excluding hydrogens is 781 g/mol. The number of amides is 5. The quantitative estimate of drug-likeness (QED) is 0.308. The van der Waals surface area contributed by atoms with E-state index in [1.165, 1.54) is 13.1 Å². The van der Waals surface area contributed by atoms with Crippen molar-refractivity contribution in [3.05, 3.63) is 75.7 Å². The predicted molar refractivity (Wildman–Crippen MR) is 214 cm³/mol. The third kappa shape index (κ3) is 8.31. The van der Waals surface area contributed by atoms with Gasteiger partial charge in [-0.2, -0.15) is 5.26 Å². The Morgan fingerprint density at radius 2 is 1.59 bits per heavy atom. The summed E-state index contributed by atoms with van der Waals surface area (Å²) in [4.78, 5) is 72.7. The third-order valence-corrected chi connectivity index (χ3v) is 12.7. The highest BCUT2D eigenvalue weighted by Crippen LogP contribution is 2.34. The molecule has 5 aliphatic rings. The van der Waals surface area contributed by atoms with Crippen molar-refractivity contribution < 1.29 is 33.1 Å². The molecular formula is C42H45ClFN9O6. The van der Waals surface area contributed by atoms with Crippen molar-refractivity contribution in [2.24, 2.45) is 5.92 Å². The maximum atomic E-state index is 15.5. The van der Waals surface area contributed by atoms with Crippen molar-refractivity contribution in [1.82, 2.24) is 30.2 Å². The lowest BCUT2D eigenvalue weighted by atomic mass is 9.93. The van der Waals surface area contributed by atoms with Crippen LogP contribution in [-0.4, -0.2) is 125 Å². The van der Waals surface area contributed by atoms with Crippen molar-refractivity contribution in [2.45, 2.75) is 69.6 Å². The summed E-state index contributed by atoms with van der Waals surface area (Å²) < 4.78 is 21.6. The highest BCUT2D eigenvalue weighted by Gasteiger charge is 2.47. The van der Waals surface area contributed by atoms with Crippen LogP contribution in [0.1, 0.15) is 88.1 Å². The van der Waals surface area contributed by atoms with Gasteiger partial charge in [-0.15, -0.1) is 10.2 Å². The summed E-state index contributed by atoms with van der Waals surface area (Å²) in [6, 6.07) is 12.1. The second-order valence-corrected chi connectivity index (χ2v) is 16.4. The van der Waals surface area contributed by atoms with Gasteiger partial charge in [-0.05, 0) is 87.3 Å². The fourth-order valence-corrected chi connectivity index (χ4v) is 9.08. The number of fused-ring (bicyclic) bond motifs is 1. The molecule has 59 heavy (non-hydrogen) atoms. The number of hydrogen-bond acceptors (Lipinski definition) is 12. The molecule has 4 fully saturated rings. The van der Waals surface area contributed by atoms with Crippen LogP contribution in [0.25, 0.3) is 0 Å². The third-order valence-electron chi connectivity index (χ3n) is 12.3. The molecule has 1 aliphatic carbocycles. The number of nitriles is 1. The first kappa shape index (κ1) is 40.1. The minimum absolute atomic E-state index is 0.00512. The number of rotatable bonds is 9. The second-order valence-electron chi connectivity index (χ2n) is 16.0. The van der Waals surface area contributed by atoms with Crippen LogP contribution in [-0.2, 0) is 9.59 Å². The number of ether oxygens (including phenoxy) is 1. The van der Waals surface area contributed by atoms with E-state index in [1.807, 2.05) is 17.0 Å². The van der Waals surface area contributed by atoms with Gasteiger partial charge in [-0.3, -0.25) is 38.7 Å². The van der Waals surface area contributed by atoms with Gasteiger partial charge in [0.1, 0.15) is 23.7 Å². The molecule has 17 heteroatoms. The number of carbonyl (C=O) groups excluding carboxylic acids is 5. The minimum Gasteiger partial charge on any atom is -0.490 e. The van der Waals surface area contributed by atoms with Gasteiger partial charge in [0, 0.05) is 71.4 Å². The molecule has 0 radical (unpaired) electrons. The number of likely N-dealkylation sites (tertiary alicyclic amines) is 1. The smallest absolute Gasteiger partial charge is 0.272 e. The van der Waals surface area contributed by atoms with Crippen LogP contribution < -0.4 is 19.9 Å². The topological polar surface area (TPSA) is 172 Å². The number of hydrogen-bond donors (Lipinski definition) is 1. The summed E-state index contributed by atoms with van der Waals surface area (Å²) in [7, 11) is 1.33. The first-order chi connectivity index (χ1) is 28.5. The molecule has 1 N–H and O–H groups in total. The molecule has 4 aliphatic heterocycles. The van der Waals surface area contributed by atoms with Crippen molar-refractivity contribution in [1.29, 1.82) is 5.26 Å². The highest BCUT2D eigenvalue weighted by atomic mass is 35.5. The van der Waals surface area contributed by atoms with E-state index in [9.17, 15) is 24.0 Å². The van der Waals surface area contributed by atoms with Crippen molar-refractivity contribution in [2.75, 3.05) is 62.7 Å². The average Bonchev–Trinajstić information content (AvgIpc) is 3.48. The molecule has 5 amide bonds. The van der Waals surface area contributed by atoms with E-state index < -0.39 is 29.6 Å². The maximum Gasteiger partial charge on any atom is 0.272 e. The Labute approximate surface area is 346 Å². The molecule has 308 valence electrons. The Hall–Kier alpha value is -5.66. The van der Waals surface area contributed by atoms with E-state index in [0.717, 1.165) is 79.8 Å². The van der Waals surface area contributed by atoms with Crippen LogP contribution in [0.3, 0.4) is 0 Å². The number of aromatic nitrogens is 2. The van der Waals surface area contributed by atoms with Crippen molar-refractivity contribution in [3.63, 3.8) is 0 Å².